The van der Waals surface area contributed by atoms with E-state index in [1.807, 2.05) is 55.2 Å². The number of nitrogens with zero attached hydrogens (tertiary/aromatic N) is 3. The molecule has 6 rings (SSSR count). The average molecular weight is 730 g/mol. The third-order valence-corrected chi connectivity index (χ3v) is 9.74. The normalized spacial score (nSPS) is 13.6. The van der Waals surface area contributed by atoms with Gasteiger partial charge in [-0.2, -0.15) is 0 Å². The van der Waals surface area contributed by atoms with E-state index in [0.29, 0.717) is 60.2 Å². The topological polar surface area (TPSA) is 64.1 Å². The number of aromatic nitrogens is 1. The Hall–Kier alpha value is -5.11. The molecule has 0 saturated carbocycles. The van der Waals surface area contributed by atoms with Gasteiger partial charge in [0.2, 0.25) is 11.8 Å². The Balaban J connectivity index is 0.960. The predicted molar refractivity (Wildman–Crippen MR) is 213 cm³/mol. The minimum atomic E-state index is 0.0378. The van der Waals surface area contributed by atoms with E-state index in [2.05, 4.69) is 91.3 Å². The number of carbonyl (C=O) groups is 1. The number of rotatable bonds is 13. The van der Waals surface area contributed by atoms with Gasteiger partial charge in [-0.1, -0.05) is 91.7 Å². The molecule has 0 bridgehead atoms. The van der Waals surface area contributed by atoms with Gasteiger partial charge in [0.15, 0.2) is 5.75 Å². The molecule has 1 aromatic heterocycles. The van der Waals surface area contributed by atoms with Crippen molar-refractivity contribution in [1.82, 2.24) is 14.8 Å². The summed E-state index contributed by atoms with van der Waals surface area (Å²) in [5.74, 6) is 3.02. The lowest BCUT2D eigenvalue weighted by Gasteiger charge is -2.35. The summed E-state index contributed by atoms with van der Waals surface area (Å²) in [6, 6.07) is 32.6. The molecule has 0 atom stereocenters. The van der Waals surface area contributed by atoms with Crippen molar-refractivity contribution in [2.45, 2.75) is 60.3 Å². The van der Waals surface area contributed by atoms with E-state index < -0.39 is 0 Å². The maximum Gasteiger partial charge on any atom is 0.249 e. The van der Waals surface area contributed by atoms with Gasteiger partial charge in [0.25, 0.3) is 0 Å². The van der Waals surface area contributed by atoms with E-state index >= 15 is 0 Å². The van der Waals surface area contributed by atoms with Crippen LogP contribution in [0.15, 0.2) is 109 Å². The van der Waals surface area contributed by atoms with Gasteiger partial charge in [0, 0.05) is 44.4 Å². The van der Waals surface area contributed by atoms with Crippen molar-refractivity contribution >= 4 is 23.6 Å². The first-order valence-electron chi connectivity index (χ1n) is 18.2. The molecule has 4 aromatic carbocycles. The lowest BCUT2D eigenvalue weighted by atomic mass is 10.0. The zero-order valence-corrected chi connectivity index (χ0v) is 32.0. The number of benzene rings is 4. The molecule has 0 radical (unpaired) electrons. The molecule has 1 aliphatic rings. The Kier molecular flexibility index (Phi) is 12.5. The molecular weight excluding hydrogens is 682 g/mol. The van der Waals surface area contributed by atoms with Crippen LogP contribution in [0.4, 0.5) is 0 Å². The second-order valence-corrected chi connectivity index (χ2v) is 14.5. The molecule has 8 heteroatoms. The molecule has 0 N–H and O–H groups in total. The predicted octanol–water partition coefficient (Wildman–Crippen LogP) is 10.2. The van der Waals surface area contributed by atoms with Crippen molar-refractivity contribution in [3.63, 3.8) is 0 Å². The maximum absolute atomic E-state index is 13.4. The lowest BCUT2D eigenvalue weighted by Crippen LogP contribution is -2.48. The highest BCUT2D eigenvalue weighted by Crippen LogP contribution is 2.34. The van der Waals surface area contributed by atoms with Crippen LogP contribution in [0.3, 0.4) is 0 Å². The zero-order chi connectivity index (χ0) is 37.3. The number of hydrogen-bond acceptors (Lipinski definition) is 6. The molecular formula is C45H48ClN3O4. The fraction of sp³-hybridized carbons (Fsp3) is 0.289. The van der Waals surface area contributed by atoms with Crippen LogP contribution >= 0.6 is 11.6 Å². The van der Waals surface area contributed by atoms with Crippen LogP contribution in [0.25, 0.3) is 6.08 Å². The fourth-order valence-electron chi connectivity index (χ4n) is 6.22. The van der Waals surface area contributed by atoms with Crippen LogP contribution < -0.4 is 14.2 Å². The number of ether oxygens (including phenoxy) is 3. The number of hydrogen-bond donors (Lipinski definition) is 0. The van der Waals surface area contributed by atoms with Gasteiger partial charge in [-0.05, 0) is 96.5 Å². The molecule has 0 aliphatic carbocycles. The first-order valence-corrected chi connectivity index (χ1v) is 18.6. The third kappa shape index (κ3) is 10.5. The summed E-state index contributed by atoms with van der Waals surface area (Å²) in [6.07, 6.45) is 3.53. The summed E-state index contributed by atoms with van der Waals surface area (Å²) in [6.45, 7) is 15.1. The highest BCUT2D eigenvalue weighted by molar-refractivity contribution is 6.32. The molecule has 0 unspecified atom stereocenters. The Labute approximate surface area is 318 Å². The fourth-order valence-corrected chi connectivity index (χ4v) is 6.54. The summed E-state index contributed by atoms with van der Waals surface area (Å²) >= 11 is 6.69. The number of pyridine rings is 1. The summed E-state index contributed by atoms with van der Waals surface area (Å²) in [5.41, 5.74) is 8.35. The first kappa shape index (κ1) is 37.6. The highest BCUT2D eigenvalue weighted by atomic mass is 35.5. The van der Waals surface area contributed by atoms with Crippen molar-refractivity contribution in [2.24, 2.45) is 0 Å². The number of piperazine rings is 1. The first-order chi connectivity index (χ1) is 25.6. The van der Waals surface area contributed by atoms with Gasteiger partial charge in [0.1, 0.15) is 24.7 Å². The molecule has 7 nitrogen and oxygen atoms in total. The van der Waals surface area contributed by atoms with E-state index in [0.717, 1.165) is 47.6 Å². The second kappa shape index (κ2) is 17.6. The van der Waals surface area contributed by atoms with Crippen LogP contribution in [0.2, 0.25) is 5.02 Å². The molecule has 2 heterocycles. The lowest BCUT2D eigenvalue weighted by molar-refractivity contribution is -0.128. The molecule has 53 heavy (non-hydrogen) atoms. The van der Waals surface area contributed by atoms with Gasteiger partial charge in [-0.15, -0.1) is 0 Å². The minimum absolute atomic E-state index is 0.0378. The van der Waals surface area contributed by atoms with Crippen molar-refractivity contribution in [1.29, 1.82) is 0 Å². The smallest absolute Gasteiger partial charge is 0.249 e. The van der Waals surface area contributed by atoms with Gasteiger partial charge in [0.05, 0.1) is 11.2 Å². The van der Waals surface area contributed by atoms with Crippen molar-refractivity contribution < 1.29 is 19.0 Å². The number of amides is 1. The standard InChI is InChI=1S/C45H48ClN3O4/c1-31(2)39-14-16-40(17-15-39)51-29-37-12-10-35(11-13-37)28-48-20-22-49(23-21-48)45(50)34(5)25-38-24-33(4)44(42(46)26-38)53-43-19-18-41(27-47-43)52-30-36-8-6-32(3)7-9-36/h6-19,24-27,31H,20-23,28-30H2,1-5H3. The van der Waals surface area contributed by atoms with Gasteiger partial charge < -0.3 is 19.1 Å². The minimum Gasteiger partial charge on any atom is -0.489 e. The summed E-state index contributed by atoms with van der Waals surface area (Å²) < 4.78 is 17.9. The summed E-state index contributed by atoms with van der Waals surface area (Å²) in [5, 5.41) is 0.448. The molecule has 0 spiro atoms. The number of carbonyl (C=O) groups excluding carboxylic acids is 1. The third-order valence-electron chi connectivity index (χ3n) is 9.46. The van der Waals surface area contributed by atoms with Gasteiger partial charge >= 0.3 is 0 Å². The molecule has 1 aliphatic heterocycles. The zero-order valence-electron chi connectivity index (χ0n) is 31.3. The Morgan fingerprint density at radius 2 is 1.40 bits per heavy atom. The molecule has 274 valence electrons. The second-order valence-electron chi connectivity index (χ2n) is 14.1. The van der Waals surface area contributed by atoms with Gasteiger partial charge in [-0.25, -0.2) is 4.98 Å². The van der Waals surface area contributed by atoms with Gasteiger partial charge in [-0.3, -0.25) is 9.69 Å². The van der Waals surface area contributed by atoms with E-state index in [1.165, 1.54) is 16.7 Å². The van der Waals surface area contributed by atoms with Crippen LogP contribution in [0.1, 0.15) is 65.6 Å². The molecule has 1 amide bonds. The van der Waals surface area contributed by atoms with Crippen molar-refractivity contribution in [2.75, 3.05) is 26.2 Å². The SMILES string of the molecule is CC(=Cc1cc(C)c(Oc2ccc(OCc3ccc(C)cc3)cn2)c(Cl)c1)C(=O)N1CCN(Cc2ccc(COc3ccc(C(C)C)cc3)cc2)CC1. The van der Waals surface area contributed by atoms with Crippen LogP contribution in [0, 0.1) is 13.8 Å². The molecule has 5 aromatic rings. The average Bonchev–Trinajstić information content (AvgIpc) is 3.16. The van der Waals surface area contributed by atoms with Crippen molar-refractivity contribution in [3.8, 4) is 23.1 Å². The maximum atomic E-state index is 13.4. The molecule has 1 saturated heterocycles. The van der Waals surface area contributed by atoms with E-state index in [9.17, 15) is 4.79 Å². The van der Waals surface area contributed by atoms with Crippen LogP contribution in [0.5, 0.6) is 23.1 Å². The van der Waals surface area contributed by atoms with Crippen molar-refractivity contribution in [3.05, 3.63) is 153 Å². The number of halogens is 1. The summed E-state index contributed by atoms with van der Waals surface area (Å²) in [7, 11) is 0. The van der Waals surface area contributed by atoms with E-state index in [-0.39, 0.29) is 5.91 Å². The largest absolute Gasteiger partial charge is 0.489 e. The van der Waals surface area contributed by atoms with E-state index in [1.54, 1.807) is 12.3 Å². The van der Waals surface area contributed by atoms with E-state index in [4.69, 9.17) is 25.8 Å². The quantitative estimate of drug-likeness (QED) is 0.112. The number of aryl methyl sites for hydroxylation is 2. The Bertz CT molecular complexity index is 1980. The van der Waals surface area contributed by atoms with Crippen LogP contribution in [-0.4, -0.2) is 46.9 Å². The Morgan fingerprint density at radius 1 is 0.792 bits per heavy atom. The van der Waals surface area contributed by atoms with Crippen LogP contribution in [-0.2, 0) is 24.6 Å². The highest BCUT2D eigenvalue weighted by Gasteiger charge is 2.22. The molecule has 1 fully saturated rings. The Morgan fingerprint density at radius 3 is 2.00 bits per heavy atom. The summed E-state index contributed by atoms with van der Waals surface area (Å²) in [4.78, 5) is 22.1. The monoisotopic (exact) mass is 729 g/mol.